The molecule has 0 atom stereocenters. The van der Waals surface area contributed by atoms with Gasteiger partial charge in [-0.15, -0.1) is 0 Å². The second-order valence-corrected chi connectivity index (χ2v) is 4.14. The van der Waals surface area contributed by atoms with Gasteiger partial charge in [0.1, 0.15) is 6.61 Å². The minimum Gasteiger partial charge on any atom is -0.482 e. The van der Waals surface area contributed by atoms with Gasteiger partial charge >= 0.3 is 5.69 Å². The normalized spacial score (nSPS) is 10.3. The number of benzene rings is 2. The second kappa shape index (κ2) is 6.36. The Balaban J connectivity index is 1.98. The molecule has 0 radical (unpaired) electrons. The summed E-state index contributed by atoms with van der Waals surface area (Å²) in [4.78, 5) is 3.17. The summed E-state index contributed by atoms with van der Waals surface area (Å²) >= 11 is 0. The smallest absolute Gasteiger partial charge is 0.426 e. The zero-order chi connectivity index (χ0) is 13.5. The highest BCUT2D eigenvalue weighted by Gasteiger charge is 2.12. The zero-order valence-electron chi connectivity index (χ0n) is 10.8. The SMILES string of the molecule is Cc1ccccc1/C=C/COc1ccccc1[N+]#N. The van der Waals surface area contributed by atoms with E-state index in [0.717, 1.165) is 0 Å². The molecule has 0 aliphatic carbocycles. The first-order valence-corrected chi connectivity index (χ1v) is 6.10. The lowest BCUT2D eigenvalue weighted by Crippen LogP contribution is -1.93. The van der Waals surface area contributed by atoms with Crippen LogP contribution in [-0.2, 0) is 0 Å². The van der Waals surface area contributed by atoms with Crippen molar-refractivity contribution in [3.05, 3.63) is 70.7 Å². The molecule has 2 aromatic carbocycles. The van der Waals surface area contributed by atoms with Crippen molar-refractivity contribution in [3.63, 3.8) is 0 Å². The van der Waals surface area contributed by atoms with Crippen LogP contribution >= 0.6 is 0 Å². The standard InChI is InChI=1S/C16H15N2O/c1-13-7-2-3-8-14(13)9-6-12-19-16-11-5-4-10-15(16)18-17/h2-11H,12H2,1H3/q+1/b9-6+. The fourth-order valence-corrected chi connectivity index (χ4v) is 1.75. The van der Waals surface area contributed by atoms with Crippen LogP contribution in [0.4, 0.5) is 5.69 Å². The van der Waals surface area contributed by atoms with Crippen molar-refractivity contribution in [1.82, 2.24) is 0 Å². The zero-order valence-corrected chi connectivity index (χ0v) is 10.8. The van der Waals surface area contributed by atoms with Crippen LogP contribution in [0, 0.1) is 12.3 Å². The van der Waals surface area contributed by atoms with Crippen LogP contribution in [0.2, 0.25) is 0 Å². The summed E-state index contributed by atoms with van der Waals surface area (Å²) in [6, 6.07) is 15.3. The number of para-hydroxylation sites is 1. The molecule has 0 saturated carbocycles. The van der Waals surface area contributed by atoms with E-state index in [1.807, 2.05) is 30.4 Å². The fourth-order valence-electron chi connectivity index (χ4n) is 1.75. The number of ether oxygens (including phenoxy) is 1. The van der Waals surface area contributed by atoms with Gasteiger partial charge < -0.3 is 4.74 Å². The van der Waals surface area contributed by atoms with E-state index in [1.165, 1.54) is 11.1 Å². The molecule has 0 aliphatic heterocycles. The summed E-state index contributed by atoms with van der Waals surface area (Å²) in [6.45, 7) is 2.50. The average Bonchev–Trinajstić information content (AvgIpc) is 2.45. The second-order valence-electron chi connectivity index (χ2n) is 4.14. The van der Waals surface area contributed by atoms with Gasteiger partial charge in [-0.2, -0.15) is 0 Å². The molecule has 0 bridgehead atoms. The number of nitrogens with zero attached hydrogens (tertiary/aromatic N) is 2. The first-order valence-electron chi connectivity index (χ1n) is 6.10. The molecule has 0 fully saturated rings. The van der Waals surface area contributed by atoms with Gasteiger partial charge in [0.05, 0.1) is 0 Å². The van der Waals surface area contributed by atoms with Crippen LogP contribution in [0.25, 0.3) is 11.1 Å². The predicted octanol–water partition coefficient (Wildman–Crippen LogP) is 4.57. The molecule has 0 N–H and O–H groups in total. The van der Waals surface area contributed by atoms with Gasteiger partial charge in [-0.05, 0) is 30.2 Å². The molecule has 0 aromatic heterocycles. The quantitative estimate of drug-likeness (QED) is 0.746. The van der Waals surface area contributed by atoms with Crippen molar-refractivity contribution < 1.29 is 4.74 Å². The molecular weight excluding hydrogens is 236 g/mol. The molecular formula is C16H15N2O+. The third-order valence-electron chi connectivity index (χ3n) is 2.79. The fraction of sp³-hybridized carbons (Fsp3) is 0.125. The van der Waals surface area contributed by atoms with Gasteiger partial charge in [0.2, 0.25) is 11.1 Å². The van der Waals surface area contributed by atoms with E-state index in [2.05, 4.69) is 24.0 Å². The van der Waals surface area contributed by atoms with Gasteiger partial charge in [-0.1, -0.05) is 42.5 Å². The summed E-state index contributed by atoms with van der Waals surface area (Å²) in [5.41, 5.74) is 2.84. The van der Waals surface area contributed by atoms with Crippen molar-refractivity contribution in [2.75, 3.05) is 6.61 Å². The van der Waals surface area contributed by atoms with Crippen LogP contribution in [0.5, 0.6) is 5.75 Å². The minimum atomic E-state index is 0.431. The summed E-state index contributed by atoms with van der Waals surface area (Å²) in [5.74, 6) is 0.569. The largest absolute Gasteiger partial charge is 0.482 e. The third kappa shape index (κ3) is 3.43. The van der Waals surface area contributed by atoms with E-state index >= 15 is 0 Å². The predicted molar refractivity (Wildman–Crippen MR) is 76.9 cm³/mol. The van der Waals surface area contributed by atoms with E-state index in [0.29, 0.717) is 18.0 Å². The molecule has 0 unspecified atom stereocenters. The molecule has 3 nitrogen and oxygen atoms in total. The Morgan fingerprint density at radius 2 is 1.84 bits per heavy atom. The Hall–Kier alpha value is -2.60. The van der Waals surface area contributed by atoms with Crippen LogP contribution in [0.1, 0.15) is 11.1 Å². The van der Waals surface area contributed by atoms with Gasteiger partial charge in [-0.25, -0.2) is 0 Å². The number of rotatable bonds is 4. The Labute approximate surface area is 112 Å². The van der Waals surface area contributed by atoms with E-state index in [1.54, 1.807) is 18.2 Å². The molecule has 0 spiro atoms. The summed E-state index contributed by atoms with van der Waals surface area (Å²) < 4.78 is 5.55. The number of diazo groups is 1. The highest BCUT2D eigenvalue weighted by Crippen LogP contribution is 2.26. The van der Waals surface area contributed by atoms with Crippen LogP contribution in [0.15, 0.2) is 54.6 Å². The topological polar surface area (TPSA) is 37.4 Å². The van der Waals surface area contributed by atoms with Crippen molar-refractivity contribution in [3.8, 4) is 5.75 Å². The maximum Gasteiger partial charge on any atom is 0.426 e. The number of hydrogen-bond donors (Lipinski definition) is 0. The van der Waals surface area contributed by atoms with E-state index in [9.17, 15) is 0 Å². The lowest BCUT2D eigenvalue weighted by atomic mass is 10.1. The van der Waals surface area contributed by atoms with E-state index in [4.69, 9.17) is 10.1 Å². The first kappa shape index (κ1) is 12.8. The van der Waals surface area contributed by atoms with Crippen molar-refractivity contribution in [2.24, 2.45) is 0 Å². The van der Waals surface area contributed by atoms with Crippen molar-refractivity contribution in [1.29, 1.82) is 5.39 Å². The van der Waals surface area contributed by atoms with Crippen LogP contribution < -0.4 is 4.74 Å². The molecule has 0 saturated heterocycles. The van der Waals surface area contributed by atoms with Crippen LogP contribution in [-0.4, -0.2) is 6.61 Å². The highest BCUT2D eigenvalue weighted by molar-refractivity contribution is 5.57. The van der Waals surface area contributed by atoms with Gasteiger partial charge in [0.15, 0.2) is 4.98 Å². The van der Waals surface area contributed by atoms with E-state index in [-0.39, 0.29) is 0 Å². The molecule has 19 heavy (non-hydrogen) atoms. The van der Waals surface area contributed by atoms with Crippen LogP contribution in [0.3, 0.4) is 0 Å². The molecule has 0 heterocycles. The number of aryl methyl sites for hydroxylation is 1. The third-order valence-corrected chi connectivity index (χ3v) is 2.79. The molecule has 0 aliphatic rings. The summed E-state index contributed by atoms with van der Waals surface area (Å²) in [5, 5.41) is 8.82. The Morgan fingerprint density at radius 1 is 1.11 bits per heavy atom. The molecule has 2 rings (SSSR count). The first-order chi connectivity index (χ1) is 9.31. The Morgan fingerprint density at radius 3 is 2.63 bits per heavy atom. The molecule has 0 amide bonds. The summed E-state index contributed by atoms with van der Waals surface area (Å²) in [7, 11) is 0. The Kier molecular flexibility index (Phi) is 4.30. The summed E-state index contributed by atoms with van der Waals surface area (Å²) in [6.07, 6.45) is 3.96. The Bertz CT molecular complexity index is 627. The van der Waals surface area contributed by atoms with Crippen molar-refractivity contribution >= 4 is 11.8 Å². The minimum absolute atomic E-state index is 0.431. The average molecular weight is 251 g/mol. The van der Waals surface area contributed by atoms with Gasteiger partial charge in [0, 0.05) is 6.07 Å². The molecule has 2 aromatic rings. The highest BCUT2D eigenvalue weighted by atomic mass is 16.5. The van der Waals surface area contributed by atoms with E-state index < -0.39 is 0 Å². The lowest BCUT2D eigenvalue weighted by molar-refractivity contribution is 0.366. The maximum absolute atomic E-state index is 8.82. The maximum atomic E-state index is 8.82. The molecule has 94 valence electrons. The number of hydrogen-bond acceptors (Lipinski definition) is 2. The molecule has 3 heteroatoms. The van der Waals surface area contributed by atoms with Crippen molar-refractivity contribution in [2.45, 2.75) is 6.92 Å². The van der Waals surface area contributed by atoms with Gasteiger partial charge in [0.25, 0.3) is 0 Å². The lowest BCUT2D eigenvalue weighted by Gasteiger charge is -2.01. The van der Waals surface area contributed by atoms with Gasteiger partial charge in [-0.3, -0.25) is 0 Å². The monoisotopic (exact) mass is 251 g/mol.